The topological polar surface area (TPSA) is 53.3 Å². The van der Waals surface area contributed by atoms with Crippen LogP contribution >= 0.6 is 0 Å². The van der Waals surface area contributed by atoms with Gasteiger partial charge in [-0.2, -0.15) is 18.4 Å². The SMILES string of the molecule is C[C@H](C1CC1)N(CC(F)(F)F)C(=O)COc1ccc(-c2ccc(C#N)cc2)cc1. The normalized spacial score (nSPS) is 14.7. The Morgan fingerprint density at radius 3 is 2.17 bits per heavy atom. The first kappa shape index (κ1) is 20.7. The highest BCUT2D eigenvalue weighted by atomic mass is 19.4. The monoisotopic (exact) mass is 402 g/mol. The van der Waals surface area contributed by atoms with Crippen molar-refractivity contribution in [2.75, 3.05) is 13.2 Å². The lowest BCUT2D eigenvalue weighted by Gasteiger charge is -2.30. The van der Waals surface area contributed by atoms with Crippen LogP contribution in [0.25, 0.3) is 11.1 Å². The van der Waals surface area contributed by atoms with Crippen molar-refractivity contribution in [3.05, 3.63) is 54.1 Å². The number of nitrogens with zero attached hydrogens (tertiary/aromatic N) is 2. The van der Waals surface area contributed by atoms with E-state index in [1.54, 1.807) is 43.3 Å². The molecule has 7 heteroatoms. The van der Waals surface area contributed by atoms with Crippen LogP contribution < -0.4 is 4.74 Å². The first-order valence-corrected chi connectivity index (χ1v) is 9.36. The lowest BCUT2D eigenvalue weighted by Crippen LogP contribution is -2.47. The number of rotatable bonds is 7. The van der Waals surface area contributed by atoms with Gasteiger partial charge in [-0.1, -0.05) is 24.3 Å². The molecular formula is C22H21F3N2O2. The molecule has 0 spiro atoms. The summed E-state index contributed by atoms with van der Waals surface area (Å²) in [5.74, 6) is -0.132. The standard InChI is InChI=1S/C22H21F3N2O2/c1-15(17-6-7-17)27(14-22(23,24)25)21(28)13-29-20-10-8-19(9-11-20)18-4-2-16(12-26)3-5-18/h2-5,8-11,15,17H,6-7,13-14H2,1H3/t15-/m1/s1. The van der Waals surface area contributed by atoms with E-state index < -0.39 is 31.3 Å². The highest BCUT2D eigenvalue weighted by Crippen LogP contribution is 2.36. The quantitative estimate of drug-likeness (QED) is 0.669. The summed E-state index contributed by atoms with van der Waals surface area (Å²) < 4.78 is 44.1. The number of nitriles is 1. The predicted molar refractivity (Wildman–Crippen MR) is 102 cm³/mol. The van der Waals surface area contributed by atoms with Crippen LogP contribution in [0.5, 0.6) is 5.75 Å². The minimum atomic E-state index is -4.44. The Balaban J connectivity index is 1.61. The number of halogens is 3. The maximum absolute atomic E-state index is 12.9. The summed E-state index contributed by atoms with van der Waals surface area (Å²) in [4.78, 5) is 13.3. The fourth-order valence-corrected chi connectivity index (χ4v) is 3.19. The van der Waals surface area contributed by atoms with Crippen LogP contribution in [0, 0.1) is 17.2 Å². The average Bonchev–Trinajstić information content (AvgIpc) is 3.55. The molecule has 1 aliphatic rings. The van der Waals surface area contributed by atoms with Crippen molar-refractivity contribution in [3.8, 4) is 22.9 Å². The van der Waals surface area contributed by atoms with E-state index in [2.05, 4.69) is 6.07 Å². The molecule has 1 aliphatic carbocycles. The summed E-state index contributed by atoms with van der Waals surface area (Å²) in [6.07, 6.45) is -2.75. The van der Waals surface area contributed by atoms with E-state index in [-0.39, 0.29) is 5.92 Å². The maximum Gasteiger partial charge on any atom is 0.406 e. The highest BCUT2D eigenvalue weighted by molar-refractivity contribution is 5.78. The second kappa shape index (κ2) is 8.56. The van der Waals surface area contributed by atoms with Gasteiger partial charge in [-0.05, 0) is 61.1 Å². The zero-order valence-electron chi connectivity index (χ0n) is 15.9. The molecule has 2 aromatic rings. The summed E-state index contributed by atoms with van der Waals surface area (Å²) in [5.41, 5.74) is 2.38. The van der Waals surface area contributed by atoms with Gasteiger partial charge in [0.1, 0.15) is 12.3 Å². The second-order valence-electron chi connectivity index (χ2n) is 7.22. The molecule has 0 aliphatic heterocycles. The van der Waals surface area contributed by atoms with E-state index in [9.17, 15) is 18.0 Å². The minimum Gasteiger partial charge on any atom is -0.484 e. The van der Waals surface area contributed by atoms with Crippen LogP contribution in [0.4, 0.5) is 13.2 Å². The molecule has 29 heavy (non-hydrogen) atoms. The van der Waals surface area contributed by atoms with Gasteiger partial charge in [0, 0.05) is 6.04 Å². The summed E-state index contributed by atoms with van der Waals surface area (Å²) in [6, 6.07) is 15.6. The molecular weight excluding hydrogens is 381 g/mol. The van der Waals surface area contributed by atoms with Crippen LogP contribution in [0.3, 0.4) is 0 Å². The van der Waals surface area contributed by atoms with Gasteiger partial charge in [0.05, 0.1) is 11.6 Å². The third-order valence-electron chi connectivity index (χ3n) is 5.03. The maximum atomic E-state index is 12.9. The third kappa shape index (κ3) is 5.74. The molecule has 152 valence electrons. The predicted octanol–water partition coefficient (Wildman–Crippen LogP) is 4.79. The summed E-state index contributed by atoms with van der Waals surface area (Å²) in [5, 5.41) is 8.85. The number of alkyl halides is 3. The molecule has 0 aromatic heterocycles. The molecule has 3 rings (SSSR count). The first-order chi connectivity index (χ1) is 13.8. The number of hydrogen-bond donors (Lipinski definition) is 0. The third-order valence-corrected chi connectivity index (χ3v) is 5.03. The van der Waals surface area contributed by atoms with Crippen LogP contribution in [0.1, 0.15) is 25.3 Å². The van der Waals surface area contributed by atoms with E-state index in [1.807, 2.05) is 12.1 Å². The molecule has 4 nitrogen and oxygen atoms in total. The first-order valence-electron chi connectivity index (χ1n) is 9.36. The molecule has 1 atom stereocenters. The molecule has 2 aromatic carbocycles. The van der Waals surface area contributed by atoms with E-state index in [1.165, 1.54) is 0 Å². The number of benzene rings is 2. The van der Waals surface area contributed by atoms with Crippen molar-refractivity contribution >= 4 is 5.91 Å². The number of carbonyl (C=O) groups is 1. The van der Waals surface area contributed by atoms with E-state index in [0.717, 1.165) is 28.9 Å². The van der Waals surface area contributed by atoms with Crippen molar-refractivity contribution < 1.29 is 22.7 Å². The second-order valence-corrected chi connectivity index (χ2v) is 7.22. The zero-order chi connectivity index (χ0) is 21.0. The number of amides is 1. The van der Waals surface area contributed by atoms with Gasteiger partial charge in [-0.3, -0.25) is 4.79 Å². The molecule has 1 amide bonds. The van der Waals surface area contributed by atoms with Crippen LogP contribution in [-0.2, 0) is 4.79 Å². The van der Waals surface area contributed by atoms with E-state index in [0.29, 0.717) is 11.3 Å². The van der Waals surface area contributed by atoms with Gasteiger partial charge >= 0.3 is 6.18 Å². The van der Waals surface area contributed by atoms with Gasteiger partial charge in [0.15, 0.2) is 6.61 Å². The Morgan fingerprint density at radius 1 is 1.14 bits per heavy atom. The zero-order valence-corrected chi connectivity index (χ0v) is 15.9. The van der Waals surface area contributed by atoms with Gasteiger partial charge in [-0.25, -0.2) is 0 Å². The Morgan fingerprint density at radius 2 is 1.69 bits per heavy atom. The molecule has 0 radical (unpaired) electrons. The van der Waals surface area contributed by atoms with Crippen molar-refractivity contribution in [2.24, 2.45) is 5.92 Å². The molecule has 0 bridgehead atoms. The van der Waals surface area contributed by atoms with Crippen molar-refractivity contribution in [3.63, 3.8) is 0 Å². The van der Waals surface area contributed by atoms with Gasteiger partial charge < -0.3 is 9.64 Å². The Bertz CT molecular complexity index is 882. The Labute approximate surface area is 167 Å². The summed E-state index contributed by atoms with van der Waals surface area (Å²) in [7, 11) is 0. The summed E-state index contributed by atoms with van der Waals surface area (Å²) >= 11 is 0. The van der Waals surface area contributed by atoms with Crippen LogP contribution in [0.15, 0.2) is 48.5 Å². The number of ether oxygens (including phenoxy) is 1. The molecule has 1 saturated carbocycles. The molecule has 1 fully saturated rings. The Kier molecular flexibility index (Phi) is 6.12. The van der Waals surface area contributed by atoms with Gasteiger partial charge in [0.2, 0.25) is 0 Å². The lowest BCUT2D eigenvalue weighted by atomic mass is 10.0. The van der Waals surface area contributed by atoms with Crippen molar-refractivity contribution in [1.82, 2.24) is 4.90 Å². The highest BCUT2D eigenvalue weighted by Gasteiger charge is 2.40. The average molecular weight is 402 g/mol. The molecule has 0 unspecified atom stereocenters. The Hall–Kier alpha value is -3.01. The molecule has 0 saturated heterocycles. The van der Waals surface area contributed by atoms with Crippen molar-refractivity contribution in [1.29, 1.82) is 5.26 Å². The van der Waals surface area contributed by atoms with E-state index in [4.69, 9.17) is 10.00 Å². The largest absolute Gasteiger partial charge is 0.484 e. The van der Waals surface area contributed by atoms with Crippen molar-refractivity contribution in [2.45, 2.75) is 32.0 Å². The molecule has 0 heterocycles. The number of hydrogen-bond acceptors (Lipinski definition) is 3. The smallest absolute Gasteiger partial charge is 0.406 e. The summed E-state index contributed by atoms with van der Waals surface area (Å²) in [6.45, 7) is -0.0402. The van der Waals surface area contributed by atoms with E-state index >= 15 is 0 Å². The fourth-order valence-electron chi connectivity index (χ4n) is 3.19. The molecule has 0 N–H and O–H groups in total. The van der Waals surface area contributed by atoms with Gasteiger partial charge in [0.25, 0.3) is 5.91 Å². The minimum absolute atomic E-state index is 0.132. The lowest BCUT2D eigenvalue weighted by molar-refractivity contribution is -0.167. The fraction of sp³-hybridized carbons (Fsp3) is 0.364. The van der Waals surface area contributed by atoms with Gasteiger partial charge in [-0.15, -0.1) is 0 Å². The van der Waals surface area contributed by atoms with Crippen LogP contribution in [-0.4, -0.2) is 36.2 Å². The number of carbonyl (C=O) groups excluding carboxylic acids is 1. The van der Waals surface area contributed by atoms with Crippen LogP contribution in [0.2, 0.25) is 0 Å².